The topological polar surface area (TPSA) is 89.2 Å². The van der Waals surface area contributed by atoms with E-state index in [1.54, 1.807) is 13.2 Å². The Morgan fingerprint density at radius 2 is 1.70 bits per heavy atom. The van der Waals surface area contributed by atoms with Crippen molar-refractivity contribution in [3.05, 3.63) is 23.2 Å². The second-order valence-corrected chi connectivity index (χ2v) is 10.0. The van der Waals surface area contributed by atoms with E-state index in [0.29, 0.717) is 28.8 Å². The van der Waals surface area contributed by atoms with Gasteiger partial charge in [-0.2, -0.15) is 4.98 Å². The van der Waals surface area contributed by atoms with E-state index in [1.165, 1.54) is 38.5 Å². The zero-order valence-corrected chi connectivity index (χ0v) is 20.8. The summed E-state index contributed by atoms with van der Waals surface area (Å²) >= 11 is 6.31. The quantitative estimate of drug-likeness (QED) is 0.466. The van der Waals surface area contributed by atoms with Crippen molar-refractivity contribution in [2.45, 2.75) is 63.5 Å². The fourth-order valence-corrected chi connectivity index (χ4v) is 5.73. The predicted octanol–water partition coefficient (Wildman–Crippen LogP) is 4.61. The van der Waals surface area contributed by atoms with E-state index < -0.39 is 0 Å². The molecule has 180 valence electrons. The van der Waals surface area contributed by atoms with Crippen LogP contribution in [0.15, 0.2) is 18.2 Å². The molecule has 2 aromatic rings. The maximum absolute atomic E-state index is 6.31. The first-order valence-electron chi connectivity index (χ1n) is 12.1. The molecule has 0 spiro atoms. The summed E-state index contributed by atoms with van der Waals surface area (Å²) in [5.74, 6) is 2.08. The van der Waals surface area contributed by atoms with Crippen molar-refractivity contribution in [1.82, 2.24) is 24.3 Å². The summed E-state index contributed by atoms with van der Waals surface area (Å²) in [5.41, 5.74) is 7.01. The number of nitrogens with two attached hydrogens (primary N) is 1. The van der Waals surface area contributed by atoms with Crippen LogP contribution in [0, 0.1) is 0 Å². The summed E-state index contributed by atoms with van der Waals surface area (Å²) in [6.45, 7) is 2.20. The normalized spacial score (nSPS) is 20.7. The lowest BCUT2D eigenvalue weighted by molar-refractivity contribution is 0.0961. The molecule has 1 atom stereocenters. The van der Waals surface area contributed by atoms with Gasteiger partial charge in [0.15, 0.2) is 0 Å². The van der Waals surface area contributed by atoms with E-state index in [1.807, 2.05) is 12.1 Å². The van der Waals surface area contributed by atoms with Gasteiger partial charge >= 0.3 is 5.95 Å². The van der Waals surface area contributed by atoms with E-state index in [-0.39, 0.29) is 5.95 Å². The molecule has 9 heteroatoms. The van der Waals surface area contributed by atoms with Crippen LogP contribution < -0.4 is 20.3 Å². The smallest absolute Gasteiger partial charge is 0.335 e. The Morgan fingerprint density at radius 1 is 1.03 bits per heavy atom. The summed E-state index contributed by atoms with van der Waals surface area (Å²) in [6.07, 6.45) is 9.82. The van der Waals surface area contributed by atoms with E-state index in [4.69, 9.17) is 32.0 Å². The van der Waals surface area contributed by atoms with Gasteiger partial charge in [-0.3, -0.25) is 4.48 Å². The Balaban J connectivity index is 1.69. The number of rotatable bonds is 6. The zero-order valence-electron chi connectivity index (χ0n) is 20.1. The summed E-state index contributed by atoms with van der Waals surface area (Å²) < 4.78 is 5.99. The van der Waals surface area contributed by atoms with E-state index >= 15 is 0 Å². The maximum Gasteiger partial charge on any atom is 0.335 e. The second kappa shape index (κ2) is 10.4. The molecule has 0 radical (unpaired) electrons. The Bertz CT molecular complexity index is 942. The number of likely N-dealkylation sites (tertiary alicyclic amines) is 1. The number of halogens is 1. The van der Waals surface area contributed by atoms with Crippen LogP contribution in [-0.2, 0) is 0 Å². The maximum atomic E-state index is 6.31. The Hall–Kier alpha value is -2.16. The molecular formula is C24H37ClN7O+. The van der Waals surface area contributed by atoms with Gasteiger partial charge in [-0.05, 0) is 50.9 Å². The number of hydrogen-bond donors (Lipinski definition) is 2. The molecule has 33 heavy (non-hydrogen) atoms. The summed E-state index contributed by atoms with van der Waals surface area (Å²) in [5, 5.41) is 3.80. The largest absolute Gasteiger partial charge is 0.495 e. The van der Waals surface area contributed by atoms with Crippen molar-refractivity contribution < 1.29 is 4.74 Å². The van der Waals surface area contributed by atoms with Gasteiger partial charge in [0.05, 0.1) is 31.3 Å². The SMILES string of the molecule is COc1ccc(Nc2nc(N)nc([N+](C)(C3CCCCCC3)C3CCN(C)CC3)n2)cc1Cl. The Morgan fingerprint density at radius 3 is 2.33 bits per heavy atom. The minimum Gasteiger partial charge on any atom is -0.495 e. The molecule has 2 fully saturated rings. The minimum absolute atomic E-state index is 0.244. The van der Waals surface area contributed by atoms with Crippen LogP contribution in [-0.4, -0.2) is 66.2 Å². The van der Waals surface area contributed by atoms with Gasteiger partial charge in [0, 0.05) is 31.6 Å². The molecule has 0 bridgehead atoms. The predicted molar refractivity (Wildman–Crippen MR) is 135 cm³/mol. The van der Waals surface area contributed by atoms with Gasteiger partial charge in [0.2, 0.25) is 11.9 Å². The molecule has 4 rings (SSSR count). The van der Waals surface area contributed by atoms with Crippen LogP contribution in [0.5, 0.6) is 5.75 Å². The zero-order chi connectivity index (χ0) is 23.4. The first-order chi connectivity index (χ1) is 15.9. The fraction of sp³-hybridized carbons (Fsp3) is 0.625. The van der Waals surface area contributed by atoms with Crippen molar-refractivity contribution >= 4 is 35.1 Å². The Kier molecular flexibility index (Phi) is 7.56. The monoisotopic (exact) mass is 474 g/mol. The molecule has 1 unspecified atom stereocenters. The van der Waals surface area contributed by atoms with E-state index in [0.717, 1.165) is 42.0 Å². The number of nitrogens with one attached hydrogen (secondary N) is 1. The molecule has 8 nitrogen and oxygen atoms in total. The van der Waals surface area contributed by atoms with E-state index in [2.05, 4.69) is 29.3 Å². The number of nitrogens with zero attached hydrogens (tertiary/aromatic N) is 5. The van der Waals surface area contributed by atoms with Crippen LogP contribution in [0.1, 0.15) is 51.4 Å². The number of benzene rings is 1. The van der Waals surface area contributed by atoms with Gasteiger partial charge in [0.1, 0.15) is 5.75 Å². The number of nitrogen functional groups attached to an aromatic ring is 1. The van der Waals surface area contributed by atoms with Crippen molar-refractivity contribution in [3.8, 4) is 5.75 Å². The molecule has 1 aromatic heterocycles. The lowest BCUT2D eigenvalue weighted by Gasteiger charge is -2.47. The molecular weight excluding hydrogens is 438 g/mol. The van der Waals surface area contributed by atoms with Crippen molar-refractivity contribution in [2.75, 3.05) is 45.3 Å². The van der Waals surface area contributed by atoms with Crippen LogP contribution in [0.4, 0.5) is 23.5 Å². The standard InChI is InChI=1S/C24H37ClN7O/c1-31-14-12-19(13-15-31)32(2,18-8-6-4-5-7-9-18)24-29-22(26)28-23(30-24)27-17-10-11-21(33-3)20(25)16-17/h10-11,16,18-19H,4-9,12-15H2,1-3H3,(H3,26,27,28,29,30)/q+1. The lowest BCUT2D eigenvalue weighted by Crippen LogP contribution is -2.63. The molecule has 1 saturated carbocycles. The molecule has 0 amide bonds. The highest BCUT2D eigenvalue weighted by molar-refractivity contribution is 6.32. The third-order valence-electron chi connectivity index (χ3n) is 7.51. The third-order valence-corrected chi connectivity index (χ3v) is 7.81. The number of ether oxygens (including phenoxy) is 1. The van der Waals surface area contributed by atoms with Crippen LogP contribution >= 0.6 is 11.6 Å². The molecule has 1 aliphatic carbocycles. The van der Waals surface area contributed by atoms with Gasteiger partial charge in [0.25, 0.3) is 0 Å². The number of anilines is 3. The molecule has 2 aliphatic rings. The third kappa shape index (κ3) is 5.34. The molecule has 3 N–H and O–H groups in total. The summed E-state index contributed by atoms with van der Waals surface area (Å²) in [4.78, 5) is 16.5. The van der Waals surface area contributed by atoms with Crippen molar-refractivity contribution in [1.29, 1.82) is 0 Å². The van der Waals surface area contributed by atoms with Gasteiger partial charge in [-0.15, -0.1) is 9.97 Å². The number of aromatic nitrogens is 3. The molecule has 1 aromatic carbocycles. The van der Waals surface area contributed by atoms with Crippen molar-refractivity contribution in [2.24, 2.45) is 0 Å². The second-order valence-electron chi connectivity index (χ2n) is 9.62. The number of hydrogen-bond acceptors (Lipinski definition) is 7. The highest BCUT2D eigenvalue weighted by Crippen LogP contribution is 2.37. The number of methoxy groups -OCH3 is 1. The van der Waals surface area contributed by atoms with Gasteiger partial charge in [-0.25, -0.2) is 0 Å². The van der Waals surface area contributed by atoms with Crippen LogP contribution in [0.25, 0.3) is 0 Å². The number of piperidine rings is 1. The molecule has 1 aliphatic heterocycles. The number of quaternary nitrogens is 1. The lowest BCUT2D eigenvalue weighted by atomic mass is 9.95. The highest BCUT2D eigenvalue weighted by Gasteiger charge is 2.45. The van der Waals surface area contributed by atoms with Gasteiger partial charge < -0.3 is 20.7 Å². The first-order valence-corrected chi connectivity index (χ1v) is 12.4. The average Bonchev–Trinajstić information content (AvgIpc) is 3.09. The fourth-order valence-electron chi connectivity index (χ4n) is 5.48. The summed E-state index contributed by atoms with van der Waals surface area (Å²) in [7, 11) is 6.13. The molecule has 1 saturated heterocycles. The van der Waals surface area contributed by atoms with Crippen molar-refractivity contribution in [3.63, 3.8) is 0 Å². The average molecular weight is 475 g/mol. The highest BCUT2D eigenvalue weighted by atomic mass is 35.5. The Labute approximate surface area is 202 Å². The molecule has 2 heterocycles. The van der Waals surface area contributed by atoms with Crippen LogP contribution in [0.2, 0.25) is 5.02 Å². The summed E-state index contributed by atoms with van der Waals surface area (Å²) in [6, 6.07) is 6.47. The minimum atomic E-state index is 0.244. The van der Waals surface area contributed by atoms with E-state index in [9.17, 15) is 0 Å². The van der Waals surface area contributed by atoms with Gasteiger partial charge in [-0.1, -0.05) is 24.4 Å². The first kappa shape index (κ1) is 24.0. The van der Waals surface area contributed by atoms with Crippen LogP contribution in [0.3, 0.4) is 0 Å².